The van der Waals surface area contributed by atoms with Crippen molar-refractivity contribution < 1.29 is 4.79 Å². The summed E-state index contributed by atoms with van der Waals surface area (Å²) in [6, 6.07) is 7.84. The molecular formula is C12H16BrNO. The first-order chi connectivity index (χ1) is 7.27. The number of hydrogen-bond donors (Lipinski definition) is 1. The molecular weight excluding hydrogens is 254 g/mol. The average molecular weight is 270 g/mol. The summed E-state index contributed by atoms with van der Waals surface area (Å²) in [5.74, 6) is 0.102. The van der Waals surface area contributed by atoms with E-state index in [1.165, 1.54) is 0 Å². The first kappa shape index (κ1) is 12.2. The summed E-state index contributed by atoms with van der Waals surface area (Å²) in [6.45, 7) is 2.08. The van der Waals surface area contributed by atoms with Gasteiger partial charge in [0.15, 0.2) is 0 Å². The molecule has 2 nitrogen and oxygen atoms in total. The van der Waals surface area contributed by atoms with Gasteiger partial charge in [-0.1, -0.05) is 47.5 Å². The summed E-state index contributed by atoms with van der Waals surface area (Å²) in [5, 5.41) is 3.69. The average Bonchev–Trinajstić information content (AvgIpc) is 2.27. The number of halogens is 1. The van der Waals surface area contributed by atoms with Crippen molar-refractivity contribution in [3.8, 4) is 0 Å². The van der Waals surface area contributed by atoms with Gasteiger partial charge in [-0.25, -0.2) is 0 Å². The zero-order valence-electron chi connectivity index (χ0n) is 8.92. The molecule has 1 rings (SSSR count). The van der Waals surface area contributed by atoms with Gasteiger partial charge in [-0.3, -0.25) is 4.79 Å². The summed E-state index contributed by atoms with van der Waals surface area (Å²) in [7, 11) is 0. The highest BCUT2D eigenvalue weighted by Gasteiger charge is 2.04. The van der Waals surface area contributed by atoms with Crippen LogP contribution in [0.2, 0.25) is 0 Å². The van der Waals surface area contributed by atoms with Gasteiger partial charge in [0.1, 0.15) is 0 Å². The van der Waals surface area contributed by atoms with Crippen LogP contribution in [0, 0.1) is 0 Å². The van der Waals surface area contributed by atoms with Crippen molar-refractivity contribution >= 4 is 27.5 Å². The molecule has 1 aromatic rings. The Labute approximate surface area is 99.2 Å². The van der Waals surface area contributed by atoms with Crippen LogP contribution in [0.5, 0.6) is 0 Å². The highest BCUT2D eigenvalue weighted by atomic mass is 79.9. The second kappa shape index (κ2) is 6.62. The van der Waals surface area contributed by atoms with Crippen LogP contribution in [0.3, 0.4) is 0 Å². The van der Waals surface area contributed by atoms with Crippen LogP contribution in [-0.4, -0.2) is 5.91 Å². The monoisotopic (exact) mass is 269 g/mol. The van der Waals surface area contributed by atoms with E-state index in [2.05, 4.69) is 28.2 Å². The number of carbonyl (C=O) groups excluding carboxylic acids is 1. The molecule has 0 unspecified atom stereocenters. The van der Waals surface area contributed by atoms with Crippen molar-refractivity contribution in [3.63, 3.8) is 0 Å². The van der Waals surface area contributed by atoms with Gasteiger partial charge in [-0.15, -0.1) is 0 Å². The molecule has 0 bridgehead atoms. The fraction of sp³-hybridized carbons (Fsp3) is 0.417. The quantitative estimate of drug-likeness (QED) is 0.812. The van der Waals surface area contributed by atoms with Crippen molar-refractivity contribution in [2.45, 2.75) is 31.5 Å². The first-order valence-corrected chi connectivity index (χ1v) is 6.33. The van der Waals surface area contributed by atoms with E-state index >= 15 is 0 Å². The Kier molecular flexibility index (Phi) is 5.40. The Bertz CT molecular complexity index is 325. The molecule has 0 aliphatic carbocycles. The Morgan fingerprint density at radius 3 is 2.80 bits per heavy atom. The van der Waals surface area contributed by atoms with Crippen molar-refractivity contribution in [1.82, 2.24) is 0 Å². The molecule has 82 valence electrons. The van der Waals surface area contributed by atoms with Gasteiger partial charge in [0, 0.05) is 17.4 Å². The molecule has 0 aromatic heterocycles. The van der Waals surface area contributed by atoms with E-state index in [-0.39, 0.29) is 5.91 Å². The van der Waals surface area contributed by atoms with Crippen LogP contribution < -0.4 is 5.32 Å². The van der Waals surface area contributed by atoms with Crippen molar-refractivity contribution in [3.05, 3.63) is 29.8 Å². The fourth-order valence-corrected chi connectivity index (χ4v) is 1.80. The smallest absolute Gasteiger partial charge is 0.224 e. The van der Waals surface area contributed by atoms with Crippen LogP contribution in [0.4, 0.5) is 5.69 Å². The number of hydrogen-bond acceptors (Lipinski definition) is 1. The maximum Gasteiger partial charge on any atom is 0.224 e. The number of anilines is 1. The minimum absolute atomic E-state index is 0.102. The standard InChI is InChI=1S/C12H16BrNO/c1-2-3-8-12(15)14-11-7-5-4-6-10(11)9-13/h4-7H,2-3,8-9H2,1H3,(H,14,15). The number of amides is 1. The topological polar surface area (TPSA) is 29.1 Å². The Balaban J connectivity index is 2.59. The van der Waals surface area contributed by atoms with Crippen LogP contribution in [0.1, 0.15) is 31.7 Å². The molecule has 0 fully saturated rings. The van der Waals surface area contributed by atoms with E-state index < -0.39 is 0 Å². The summed E-state index contributed by atoms with van der Waals surface area (Å²) < 4.78 is 0. The second-order valence-corrected chi connectivity index (χ2v) is 4.00. The van der Waals surface area contributed by atoms with Gasteiger partial charge in [0.2, 0.25) is 5.91 Å². The van der Waals surface area contributed by atoms with Crippen LogP contribution in [0.25, 0.3) is 0 Å². The van der Waals surface area contributed by atoms with E-state index in [0.29, 0.717) is 6.42 Å². The molecule has 1 N–H and O–H groups in total. The zero-order valence-corrected chi connectivity index (χ0v) is 10.5. The predicted molar refractivity (Wildman–Crippen MR) is 67.2 cm³/mol. The normalized spacial score (nSPS) is 10.0. The molecule has 1 amide bonds. The van der Waals surface area contributed by atoms with Gasteiger partial charge in [-0.2, -0.15) is 0 Å². The van der Waals surface area contributed by atoms with Gasteiger partial charge in [0.05, 0.1) is 0 Å². The summed E-state index contributed by atoms with van der Waals surface area (Å²) >= 11 is 3.40. The van der Waals surface area contributed by atoms with Crippen molar-refractivity contribution in [2.75, 3.05) is 5.32 Å². The number of para-hydroxylation sites is 1. The lowest BCUT2D eigenvalue weighted by Crippen LogP contribution is -2.12. The molecule has 0 saturated heterocycles. The summed E-state index contributed by atoms with van der Waals surface area (Å²) in [4.78, 5) is 11.5. The number of nitrogens with one attached hydrogen (secondary N) is 1. The lowest BCUT2D eigenvalue weighted by atomic mass is 10.2. The minimum atomic E-state index is 0.102. The van der Waals surface area contributed by atoms with Crippen LogP contribution >= 0.6 is 15.9 Å². The molecule has 0 heterocycles. The molecule has 0 atom stereocenters. The molecule has 3 heteroatoms. The van der Waals surface area contributed by atoms with Crippen LogP contribution in [0.15, 0.2) is 24.3 Å². The van der Waals surface area contributed by atoms with Gasteiger partial charge in [-0.05, 0) is 18.1 Å². The van der Waals surface area contributed by atoms with E-state index in [0.717, 1.165) is 29.4 Å². The third-order valence-corrected chi connectivity index (χ3v) is 2.80. The number of unbranched alkanes of at least 4 members (excludes halogenated alkanes) is 1. The van der Waals surface area contributed by atoms with Crippen molar-refractivity contribution in [2.24, 2.45) is 0 Å². The second-order valence-electron chi connectivity index (χ2n) is 3.44. The van der Waals surface area contributed by atoms with Gasteiger partial charge in [0.25, 0.3) is 0 Å². The number of benzene rings is 1. The molecule has 0 spiro atoms. The third-order valence-electron chi connectivity index (χ3n) is 2.19. The zero-order chi connectivity index (χ0) is 11.1. The van der Waals surface area contributed by atoms with Gasteiger partial charge < -0.3 is 5.32 Å². The molecule has 15 heavy (non-hydrogen) atoms. The largest absolute Gasteiger partial charge is 0.326 e. The highest BCUT2D eigenvalue weighted by Crippen LogP contribution is 2.18. The summed E-state index contributed by atoms with van der Waals surface area (Å²) in [5.41, 5.74) is 2.03. The van der Waals surface area contributed by atoms with Crippen LogP contribution in [-0.2, 0) is 10.1 Å². The lowest BCUT2D eigenvalue weighted by Gasteiger charge is -2.08. The molecule has 1 aromatic carbocycles. The maximum atomic E-state index is 11.5. The van der Waals surface area contributed by atoms with E-state index in [4.69, 9.17) is 0 Å². The number of rotatable bonds is 5. The van der Waals surface area contributed by atoms with E-state index in [1.54, 1.807) is 0 Å². The fourth-order valence-electron chi connectivity index (χ4n) is 1.31. The van der Waals surface area contributed by atoms with E-state index in [1.807, 2.05) is 24.3 Å². The lowest BCUT2D eigenvalue weighted by molar-refractivity contribution is -0.116. The number of alkyl halides is 1. The molecule has 0 saturated carbocycles. The van der Waals surface area contributed by atoms with E-state index in [9.17, 15) is 4.79 Å². The maximum absolute atomic E-state index is 11.5. The molecule has 0 radical (unpaired) electrons. The highest BCUT2D eigenvalue weighted by molar-refractivity contribution is 9.08. The summed E-state index contributed by atoms with van der Waals surface area (Å²) in [6.07, 6.45) is 2.60. The molecule has 0 aliphatic heterocycles. The number of carbonyl (C=O) groups is 1. The minimum Gasteiger partial charge on any atom is -0.326 e. The predicted octanol–water partition coefficient (Wildman–Crippen LogP) is 3.71. The molecule has 0 aliphatic rings. The van der Waals surface area contributed by atoms with Gasteiger partial charge >= 0.3 is 0 Å². The third kappa shape index (κ3) is 4.04. The SMILES string of the molecule is CCCCC(=O)Nc1ccccc1CBr. The van der Waals surface area contributed by atoms with Crippen molar-refractivity contribution in [1.29, 1.82) is 0 Å². The Hall–Kier alpha value is -0.830. The first-order valence-electron chi connectivity index (χ1n) is 5.21. The Morgan fingerprint density at radius 2 is 2.13 bits per heavy atom. The Morgan fingerprint density at radius 1 is 1.40 bits per heavy atom.